The largest absolute Gasteiger partial charge is 0.344 e. The Balaban J connectivity index is 2.03. The maximum Gasteiger partial charge on any atom is 0.251 e. The number of nitrogens with two attached hydrogens (primary N) is 1. The van der Waals surface area contributed by atoms with Crippen LogP contribution in [0.5, 0.6) is 0 Å². The van der Waals surface area contributed by atoms with Crippen LogP contribution in [0.2, 0.25) is 0 Å². The molecular weight excluding hydrogens is 268 g/mol. The lowest BCUT2D eigenvalue weighted by molar-refractivity contribution is 0.0936. The van der Waals surface area contributed by atoms with E-state index >= 15 is 0 Å². The summed E-state index contributed by atoms with van der Waals surface area (Å²) in [6.45, 7) is 2.71. The molecule has 0 aliphatic heterocycles. The molecule has 20 heavy (non-hydrogen) atoms. The van der Waals surface area contributed by atoms with Crippen LogP contribution in [0.15, 0.2) is 41.8 Å². The SMILES string of the molecule is CCC(NC(=O)c1ccc(CCN)cc1)c1cccs1. The van der Waals surface area contributed by atoms with Crippen LogP contribution >= 0.6 is 11.3 Å². The summed E-state index contributed by atoms with van der Waals surface area (Å²) >= 11 is 1.67. The fraction of sp³-hybridized carbons (Fsp3) is 0.312. The summed E-state index contributed by atoms with van der Waals surface area (Å²) in [5.41, 5.74) is 7.37. The summed E-state index contributed by atoms with van der Waals surface area (Å²) < 4.78 is 0. The Labute approximate surface area is 123 Å². The van der Waals surface area contributed by atoms with Gasteiger partial charge < -0.3 is 11.1 Å². The highest BCUT2D eigenvalue weighted by atomic mass is 32.1. The zero-order valence-electron chi connectivity index (χ0n) is 11.6. The van der Waals surface area contributed by atoms with Crippen LogP contribution in [0.1, 0.15) is 40.2 Å². The lowest BCUT2D eigenvalue weighted by Gasteiger charge is -2.15. The third kappa shape index (κ3) is 3.68. The second-order valence-electron chi connectivity index (χ2n) is 4.69. The van der Waals surface area contributed by atoms with Crippen LogP contribution in [-0.4, -0.2) is 12.5 Å². The van der Waals surface area contributed by atoms with Gasteiger partial charge in [0.15, 0.2) is 0 Å². The lowest BCUT2D eigenvalue weighted by Crippen LogP contribution is -2.27. The quantitative estimate of drug-likeness (QED) is 0.858. The van der Waals surface area contributed by atoms with E-state index in [0.717, 1.165) is 18.4 Å². The molecule has 0 fully saturated rings. The molecule has 3 N–H and O–H groups in total. The van der Waals surface area contributed by atoms with E-state index in [1.54, 1.807) is 11.3 Å². The highest BCUT2D eigenvalue weighted by Gasteiger charge is 2.14. The minimum absolute atomic E-state index is 0.0236. The van der Waals surface area contributed by atoms with Crippen molar-refractivity contribution >= 4 is 17.2 Å². The molecule has 0 bridgehead atoms. The monoisotopic (exact) mass is 288 g/mol. The minimum atomic E-state index is -0.0236. The summed E-state index contributed by atoms with van der Waals surface area (Å²) in [6, 6.07) is 11.8. The molecule has 2 aromatic rings. The van der Waals surface area contributed by atoms with E-state index in [4.69, 9.17) is 5.73 Å². The zero-order chi connectivity index (χ0) is 14.4. The number of thiophene rings is 1. The first-order valence-corrected chi connectivity index (χ1v) is 7.75. The molecule has 1 atom stereocenters. The standard InChI is InChI=1S/C16H20N2OS/c1-2-14(15-4-3-11-20-15)18-16(19)13-7-5-12(6-8-13)9-10-17/h3-8,11,14H,2,9-10,17H2,1H3,(H,18,19). The van der Waals surface area contributed by atoms with Crippen LogP contribution < -0.4 is 11.1 Å². The van der Waals surface area contributed by atoms with E-state index in [1.165, 1.54) is 4.88 Å². The molecule has 4 heteroatoms. The van der Waals surface area contributed by atoms with Crippen LogP contribution in [0.4, 0.5) is 0 Å². The number of carbonyl (C=O) groups is 1. The van der Waals surface area contributed by atoms with Gasteiger partial charge in [-0.15, -0.1) is 11.3 Å². The molecule has 0 saturated carbocycles. The summed E-state index contributed by atoms with van der Waals surface area (Å²) in [5.74, 6) is -0.0236. The Morgan fingerprint density at radius 1 is 1.30 bits per heavy atom. The normalized spacial score (nSPS) is 12.1. The Morgan fingerprint density at radius 3 is 2.60 bits per heavy atom. The zero-order valence-corrected chi connectivity index (χ0v) is 12.5. The van der Waals surface area contributed by atoms with Crippen molar-refractivity contribution in [1.82, 2.24) is 5.32 Å². The van der Waals surface area contributed by atoms with Crippen molar-refractivity contribution in [2.24, 2.45) is 5.73 Å². The number of nitrogens with one attached hydrogen (secondary N) is 1. The van der Waals surface area contributed by atoms with Crippen molar-refractivity contribution in [3.63, 3.8) is 0 Å². The van der Waals surface area contributed by atoms with E-state index in [0.29, 0.717) is 12.1 Å². The van der Waals surface area contributed by atoms with Gasteiger partial charge >= 0.3 is 0 Å². The van der Waals surface area contributed by atoms with Crippen LogP contribution in [0, 0.1) is 0 Å². The molecule has 1 amide bonds. The molecule has 0 spiro atoms. The predicted octanol–water partition coefficient (Wildman–Crippen LogP) is 3.13. The molecule has 0 radical (unpaired) electrons. The van der Waals surface area contributed by atoms with E-state index < -0.39 is 0 Å². The van der Waals surface area contributed by atoms with Crippen molar-refractivity contribution in [3.8, 4) is 0 Å². The Kier molecular flexibility index (Phi) is 5.32. The first kappa shape index (κ1) is 14.8. The van der Waals surface area contributed by atoms with Gasteiger partial charge in [0.2, 0.25) is 0 Å². The van der Waals surface area contributed by atoms with Gasteiger partial charge in [-0.2, -0.15) is 0 Å². The van der Waals surface area contributed by atoms with E-state index in [-0.39, 0.29) is 11.9 Å². The van der Waals surface area contributed by atoms with Crippen molar-refractivity contribution < 1.29 is 4.79 Å². The van der Waals surface area contributed by atoms with Gasteiger partial charge in [-0.3, -0.25) is 4.79 Å². The van der Waals surface area contributed by atoms with Crippen LogP contribution in [-0.2, 0) is 6.42 Å². The molecule has 1 aromatic heterocycles. The van der Waals surface area contributed by atoms with Crippen LogP contribution in [0.25, 0.3) is 0 Å². The second kappa shape index (κ2) is 7.22. The van der Waals surface area contributed by atoms with Crippen molar-refractivity contribution in [2.45, 2.75) is 25.8 Å². The number of amides is 1. The first-order valence-electron chi connectivity index (χ1n) is 6.88. The van der Waals surface area contributed by atoms with Gasteiger partial charge in [0, 0.05) is 10.4 Å². The highest BCUT2D eigenvalue weighted by Crippen LogP contribution is 2.22. The van der Waals surface area contributed by atoms with E-state index in [9.17, 15) is 4.79 Å². The molecule has 0 aliphatic rings. The van der Waals surface area contributed by atoms with Crippen molar-refractivity contribution in [1.29, 1.82) is 0 Å². The molecule has 106 valence electrons. The van der Waals surface area contributed by atoms with Gasteiger partial charge in [-0.25, -0.2) is 0 Å². The fourth-order valence-electron chi connectivity index (χ4n) is 2.09. The molecular formula is C16H20N2OS. The summed E-state index contributed by atoms with van der Waals surface area (Å²) in [6.07, 6.45) is 1.73. The fourth-order valence-corrected chi connectivity index (χ4v) is 2.96. The molecule has 2 rings (SSSR count). The third-order valence-electron chi connectivity index (χ3n) is 3.25. The first-order chi connectivity index (χ1) is 9.74. The number of hydrogen-bond acceptors (Lipinski definition) is 3. The van der Waals surface area contributed by atoms with Gasteiger partial charge in [-0.1, -0.05) is 25.1 Å². The smallest absolute Gasteiger partial charge is 0.251 e. The summed E-state index contributed by atoms with van der Waals surface area (Å²) in [5, 5.41) is 5.12. The van der Waals surface area contributed by atoms with E-state index in [2.05, 4.69) is 18.3 Å². The summed E-state index contributed by atoms with van der Waals surface area (Å²) in [4.78, 5) is 13.4. The molecule has 3 nitrogen and oxygen atoms in total. The van der Waals surface area contributed by atoms with E-state index in [1.807, 2.05) is 35.7 Å². The van der Waals surface area contributed by atoms with Crippen LogP contribution in [0.3, 0.4) is 0 Å². The number of hydrogen-bond donors (Lipinski definition) is 2. The highest BCUT2D eigenvalue weighted by molar-refractivity contribution is 7.10. The van der Waals surface area contributed by atoms with Gasteiger partial charge in [0.05, 0.1) is 6.04 Å². The molecule has 1 heterocycles. The predicted molar refractivity (Wildman–Crippen MR) is 84.0 cm³/mol. The van der Waals surface area contributed by atoms with Crippen molar-refractivity contribution in [2.75, 3.05) is 6.54 Å². The minimum Gasteiger partial charge on any atom is -0.344 e. The molecule has 0 saturated heterocycles. The molecule has 1 unspecified atom stereocenters. The van der Waals surface area contributed by atoms with Gasteiger partial charge in [0.25, 0.3) is 5.91 Å². The lowest BCUT2D eigenvalue weighted by atomic mass is 10.1. The molecule has 0 aliphatic carbocycles. The number of rotatable bonds is 6. The third-order valence-corrected chi connectivity index (χ3v) is 4.24. The topological polar surface area (TPSA) is 55.1 Å². The average molecular weight is 288 g/mol. The maximum absolute atomic E-state index is 12.2. The van der Waals surface area contributed by atoms with Crippen molar-refractivity contribution in [3.05, 3.63) is 57.8 Å². The average Bonchev–Trinajstić information content (AvgIpc) is 2.99. The van der Waals surface area contributed by atoms with Gasteiger partial charge in [-0.05, 0) is 48.5 Å². The Bertz CT molecular complexity index is 534. The maximum atomic E-state index is 12.2. The Morgan fingerprint density at radius 2 is 2.05 bits per heavy atom. The van der Waals surface area contributed by atoms with Gasteiger partial charge in [0.1, 0.15) is 0 Å². The summed E-state index contributed by atoms with van der Waals surface area (Å²) in [7, 11) is 0. The second-order valence-corrected chi connectivity index (χ2v) is 5.66. The number of carbonyl (C=O) groups excluding carboxylic acids is 1. The number of benzene rings is 1. The molecule has 1 aromatic carbocycles. The Hall–Kier alpha value is -1.65.